The molecule has 0 unspecified atom stereocenters. The van der Waals surface area contributed by atoms with Gasteiger partial charge in [-0.25, -0.2) is 14.4 Å². The van der Waals surface area contributed by atoms with Gasteiger partial charge in [0.15, 0.2) is 5.78 Å². The average molecular weight is 456 g/mol. The third kappa shape index (κ3) is 3.98. The summed E-state index contributed by atoms with van der Waals surface area (Å²) in [6.45, 7) is 3.44. The lowest BCUT2D eigenvalue weighted by molar-refractivity contribution is -0.137. The van der Waals surface area contributed by atoms with Crippen molar-refractivity contribution in [1.82, 2.24) is 9.97 Å². The first-order valence-corrected chi connectivity index (χ1v) is 10.8. The Morgan fingerprint density at radius 1 is 1.17 bits per heavy atom. The van der Waals surface area contributed by atoms with Gasteiger partial charge in [-0.1, -0.05) is 0 Å². The highest BCUT2D eigenvalue weighted by Gasteiger charge is 2.49. The van der Waals surface area contributed by atoms with E-state index < -0.39 is 23.2 Å². The molecule has 3 heterocycles. The summed E-state index contributed by atoms with van der Waals surface area (Å²) in [7, 11) is 0. The van der Waals surface area contributed by atoms with E-state index in [1.54, 1.807) is 4.90 Å². The molecule has 10 heteroatoms. The van der Waals surface area contributed by atoms with E-state index >= 15 is 0 Å². The first-order valence-electron chi connectivity index (χ1n) is 9.08. The number of carbonyl (C=O) groups is 1. The quantitative estimate of drug-likeness (QED) is 0.494. The molecule has 0 atom stereocenters. The summed E-state index contributed by atoms with van der Waals surface area (Å²) >= 11 is 2.82. The highest BCUT2D eigenvalue weighted by molar-refractivity contribution is 7.16. The molecule has 1 saturated heterocycles. The van der Waals surface area contributed by atoms with Gasteiger partial charge in [0.1, 0.15) is 5.01 Å². The molecule has 1 fully saturated rings. The Balaban J connectivity index is 1.39. The molecule has 0 bridgehead atoms. The topological polar surface area (TPSA) is 46.1 Å². The number of benzene rings is 1. The van der Waals surface area contributed by atoms with Gasteiger partial charge in [0.2, 0.25) is 5.67 Å². The highest BCUT2D eigenvalue weighted by atomic mass is 32.1. The number of thiazole rings is 2. The van der Waals surface area contributed by atoms with Gasteiger partial charge >= 0.3 is 6.18 Å². The molecule has 2 aromatic heterocycles. The Kier molecular flexibility index (Phi) is 5.17. The van der Waals surface area contributed by atoms with Gasteiger partial charge in [-0.15, -0.1) is 22.7 Å². The fraction of sp³-hybridized carbons (Fsp3) is 0.350. The zero-order valence-electron chi connectivity index (χ0n) is 16.1. The summed E-state index contributed by atoms with van der Waals surface area (Å²) in [4.78, 5) is 23.8. The average Bonchev–Trinajstić information content (AvgIpc) is 3.24. The molecule has 1 aromatic carbocycles. The van der Waals surface area contributed by atoms with E-state index in [0.29, 0.717) is 10.7 Å². The van der Waals surface area contributed by atoms with E-state index in [-0.39, 0.29) is 19.5 Å². The number of rotatable bonds is 5. The minimum Gasteiger partial charge on any atom is -0.364 e. The number of aryl methyl sites for hydroxylation is 2. The van der Waals surface area contributed by atoms with E-state index in [1.807, 2.05) is 19.2 Å². The Morgan fingerprint density at radius 2 is 1.83 bits per heavy atom. The number of halogens is 4. The van der Waals surface area contributed by atoms with E-state index in [0.717, 1.165) is 33.4 Å². The molecule has 3 aromatic rings. The third-order valence-corrected chi connectivity index (χ3v) is 6.89. The number of hydrogen-bond acceptors (Lipinski definition) is 6. The monoisotopic (exact) mass is 455 g/mol. The predicted molar refractivity (Wildman–Crippen MR) is 109 cm³/mol. The zero-order chi connectivity index (χ0) is 21.7. The number of hydrogen-bond donors (Lipinski definition) is 0. The fourth-order valence-corrected chi connectivity index (χ4v) is 5.08. The summed E-state index contributed by atoms with van der Waals surface area (Å²) in [5.41, 5.74) is -0.726. The first kappa shape index (κ1) is 20.9. The smallest absolute Gasteiger partial charge is 0.364 e. The van der Waals surface area contributed by atoms with Crippen LogP contribution in [0.3, 0.4) is 0 Å². The van der Waals surface area contributed by atoms with Crippen LogP contribution in [0.15, 0.2) is 29.6 Å². The van der Waals surface area contributed by atoms with E-state index in [9.17, 15) is 22.4 Å². The molecule has 158 valence electrons. The van der Waals surface area contributed by atoms with Crippen LogP contribution in [-0.4, -0.2) is 34.5 Å². The van der Waals surface area contributed by atoms with Crippen LogP contribution in [0, 0.1) is 13.8 Å². The molecule has 1 aliphatic heterocycles. The number of Topliss-reactive ketones (excluding diaryl/α,β-unsaturated/α-hetero) is 1. The van der Waals surface area contributed by atoms with Crippen LogP contribution in [-0.2, 0) is 17.4 Å². The van der Waals surface area contributed by atoms with Crippen LogP contribution >= 0.6 is 22.7 Å². The third-order valence-electron chi connectivity index (χ3n) is 4.94. The first-order chi connectivity index (χ1) is 14.0. The van der Waals surface area contributed by atoms with Crippen molar-refractivity contribution in [3.8, 4) is 10.6 Å². The van der Waals surface area contributed by atoms with Crippen LogP contribution in [0.4, 0.5) is 23.2 Å². The molecule has 30 heavy (non-hydrogen) atoms. The number of anilines is 1. The molecule has 0 amide bonds. The maximum Gasteiger partial charge on any atom is 0.416 e. The van der Waals surface area contributed by atoms with Gasteiger partial charge in [0.25, 0.3) is 0 Å². The Hall–Kier alpha value is -2.33. The lowest BCUT2D eigenvalue weighted by Crippen LogP contribution is -2.64. The second-order valence-electron chi connectivity index (χ2n) is 7.24. The molecule has 0 saturated carbocycles. The SMILES string of the molecule is Cc1nc(C)c(-c2csc(CC(=O)C3(F)CN(c4ccc(C(F)(F)F)cc4)C3)n2)s1. The molecular formula is C20H17F4N3OS2. The van der Waals surface area contributed by atoms with Crippen LogP contribution in [0.5, 0.6) is 0 Å². The van der Waals surface area contributed by atoms with E-state index in [1.165, 1.54) is 34.8 Å². The number of carbonyl (C=O) groups excluding carboxylic acids is 1. The number of nitrogens with zero attached hydrogens (tertiary/aromatic N) is 3. The van der Waals surface area contributed by atoms with Crippen LogP contribution in [0.1, 0.15) is 21.3 Å². The standard InChI is InChI=1S/C20H17F4N3OS2/c1-11-18(30-12(2)25-11)15-8-29-17(26-15)7-16(28)19(21)9-27(10-19)14-5-3-13(4-6-14)20(22,23)24/h3-6,8H,7,9-10H2,1-2H3. The van der Waals surface area contributed by atoms with Crippen molar-refractivity contribution in [3.05, 3.63) is 50.9 Å². The van der Waals surface area contributed by atoms with Gasteiger partial charge < -0.3 is 4.90 Å². The van der Waals surface area contributed by atoms with Gasteiger partial charge in [0, 0.05) is 11.1 Å². The Labute approximate surface area is 178 Å². The molecule has 1 aliphatic rings. The minimum absolute atomic E-state index is 0.112. The second kappa shape index (κ2) is 7.42. The van der Waals surface area contributed by atoms with E-state index in [2.05, 4.69) is 9.97 Å². The van der Waals surface area contributed by atoms with Crippen molar-refractivity contribution in [3.63, 3.8) is 0 Å². The summed E-state index contributed by atoms with van der Waals surface area (Å²) in [6, 6.07) is 4.49. The van der Waals surface area contributed by atoms with Gasteiger partial charge in [-0.2, -0.15) is 13.2 Å². The summed E-state index contributed by atoms with van der Waals surface area (Å²) in [5, 5.41) is 3.29. The largest absolute Gasteiger partial charge is 0.416 e. The van der Waals surface area contributed by atoms with Crippen LogP contribution in [0.25, 0.3) is 10.6 Å². The normalized spacial score (nSPS) is 15.9. The lowest BCUT2D eigenvalue weighted by Gasteiger charge is -2.44. The lowest BCUT2D eigenvalue weighted by atomic mass is 9.89. The highest BCUT2D eigenvalue weighted by Crippen LogP contribution is 2.36. The molecule has 4 nitrogen and oxygen atoms in total. The number of aromatic nitrogens is 2. The summed E-state index contributed by atoms with van der Waals surface area (Å²) in [5.74, 6) is -0.566. The molecule has 0 radical (unpaired) electrons. The van der Waals surface area contributed by atoms with Crippen LogP contribution < -0.4 is 4.90 Å². The van der Waals surface area contributed by atoms with E-state index in [4.69, 9.17) is 0 Å². The fourth-order valence-electron chi connectivity index (χ4n) is 3.34. The Morgan fingerprint density at radius 3 is 2.40 bits per heavy atom. The van der Waals surface area contributed by atoms with Crippen molar-refractivity contribution in [2.75, 3.05) is 18.0 Å². The maximum atomic E-state index is 15.0. The number of ketones is 1. The molecule has 4 rings (SSSR count). The van der Waals surface area contributed by atoms with Gasteiger partial charge in [-0.05, 0) is 38.1 Å². The van der Waals surface area contributed by atoms with Crippen molar-refractivity contribution < 1.29 is 22.4 Å². The maximum absolute atomic E-state index is 15.0. The van der Waals surface area contributed by atoms with Crippen molar-refractivity contribution in [1.29, 1.82) is 0 Å². The summed E-state index contributed by atoms with van der Waals surface area (Å²) in [6.07, 6.45) is -4.53. The minimum atomic E-state index is -4.42. The van der Waals surface area contributed by atoms with Gasteiger partial charge in [-0.3, -0.25) is 4.79 Å². The van der Waals surface area contributed by atoms with Gasteiger partial charge in [0.05, 0.1) is 46.3 Å². The zero-order valence-corrected chi connectivity index (χ0v) is 17.7. The molecule has 0 aliphatic carbocycles. The van der Waals surface area contributed by atoms with Crippen molar-refractivity contribution >= 4 is 34.1 Å². The van der Waals surface area contributed by atoms with Crippen molar-refractivity contribution in [2.24, 2.45) is 0 Å². The Bertz CT molecular complexity index is 1080. The molecule has 0 spiro atoms. The van der Waals surface area contributed by atoms with Crippen molar-refractivity contribution in [2.45, 2.75) is 32.1 Å². The molecule has 0 N–H and O–H groups in total. The summed E-state index contributed by atoms with van der Waals surface area (Å²) < 4.78 is 53.0. The van der Waals surface area contributed by atoms with Crippen LogP contribution in [0.2, 0.25) is 0 Å². The second-order valence-corrected chi connectivity index (χ2v) is 9.39. The predicted octanol–water partition coefficient (Wildman–Crippen LogP) is 5.24. The number of alkyl halides is 4. The molecular weight excluding hydrogens is 438 g/mol.